The van der Waals surface area contributed by atoms with Gasteiger partial charge < -0.3 is 4.57 Å². The van der Waals surface area contributed by atoms with Gasteiger partial charge in [-0.1, -0.05) is 0 Å². The highest BCUT2D eigenvalue weighted by molar-refractivity contribution is 5.08. The third-order valence-electron chi connectivity index (χ3n) is 1.60. The summed E-state index contributed by atoms with van der Waals surface area (Å²) in [4.78, 5) is 4.65. The summed E-state index contributed by atoms with van der Waals surface area (Å²) in [5.41, 5.74) is 1.09. The zero-order valence-electron chi connectivity index (χ0n) is 6.24. The first kappa shape index (κ1) is 7.31. The second-order valence-electron chi connectivity index (χ2n) is 2.32. The lowest BCUT2D eigenvalue weighted by Gasteiger charge is -2.08. The van der Waals surface area contributed by atoms with Crippen molar-refractivity contribution in [1.29, 1.82) is 0 Å². The molecule has 1 unspecified atom stereocenters. The van der Waals surface area contributed by atoms with Crippen molar-refractivity contribution < 1.29 is 4.84 Å². The molecule has 0 fully saturated rings. The molecule has 0 aliphatic rings. The molecule has 1 aromatic rings. The molecule has 0 aromatic carbocycles. The van der Waals surface area contributed by atoms with Crippen molar-refractivity contribution in [2.24, 2.45) is 12.9 Å². The Hall–Kier alpha value is -0.800. The molecule has 1 heterocycles. The van der Waals surface area contributed by atoms with Crippen LogP contribution < -0.4 is 5.90 Å². The topological polar surface area (TPSA) is 40.2 Å². The van der Waals surface area contributed by atoms with Crippen molar-refractivity contribution in [3.63, 3.8) is 0 Å². The molecule has 0 saturated heterocycles. The van der Waals surface area contributed by atoms with E-state index in [1.165, 1.54) is 0 Å². The summed E-state index contributed by atoms with van der Waals surface area (Å²) in [5, 5.41) is 0. The Morgan fingerprint density at radius 2 is 2.40 bits per heavy atom. The first-order valence-corrected chi connectivity index (χ1v) is 3.22. The van der Waals surface area contributed by atoms with Crippen molar-refractivity contribution in [2.45, 2.75) is 13.0 Å². The summed E-state index contributed by atoms with van der Waals surface area (Å²) >= 11 is 0. The number of hydrogen-bond donors (Lipinski definition) is 1. The molecule has 0 aliphatic carbocycles. The van der Waals surface area contributed by atoms with Crippen LogP contribution in [0.1, 0.15) is 18.7 Å². The van der Waals surface area contributed by atoms with E-state index in [0.717, 1.165) is 5.69 Å². The van der Waals surface area contributed by atoms with Crippen LogP contribution in [0.5, 0.6) is 0 Å². The predicted molar refractivity (Wildman–Crippen MR) is 39.1 cm³/mol. The molecule has 0 spiro atoms. The van der Waals surface area contributed by atoms with Gasteiger partial charge >= 0.3 is 0 Å². The minimum absolute atomic E-state index is 0.0278. The Bertz CT molecular complexity index is 207. The largest absolute Gasteiger partial charge is 0.352 e. The van der Waals surface area contributed by atoms with E-state index >= 15 is 0 Å². The van der Waals surface area contributed by atoms with Gasteiger partial charge in [-0.25, -0.2) is 5.90 Å². The third kappa shape index (κ3) is 1.20. The molecule has 1 aromatic heterocycles. The van der Waals surface area contributed by atoms with Crippen LogP contribution in [-0.4, -0.2) is 4.57 Å². The van der Waals surface area contributed by atoms with Crippen LogP contribution in [0.3, 0.4) is 0 Å². The van der Waals surface area contributed by atoms with Gasteiger partial charge in [0.15, 0.2) is 0 Å². The van der Waals surface area contributed by atoms with Crippen LogP contribution in [0.15, 0.2) is 18.3 Å². The van der Waals surface area contributed by atoms with Gasteiger partial charge in [0.05, 0.1) is 0 Å². The van der Waals surface area contributed by atoms with E-state index in [9.17, 15) is 0 Å². The van der Waals surface area contributed by atoms with Gasteiger partial charge in [-0.15, -0.1) is 0 Å². The molecular formula is C7H12N2O. The lowest BCUT2D eigenvalue weighted by molar-refractivity contribution is 0.0615. The smallest absolute Gasteiger partial charge is 0.116 e. The van der Waals surface area contributed by atoms with Crippen molar-refractivity contribution >= 4 is 0 Å². The van der Waals surface area contributed by atoms with Crippen LogP contribution in [0.2, 0.25) is 0 Å². The Morgan fingerprint density at radius 1 is 1.70 bits per heavy atom. The number of aryl methyl sites for hydroxylation is 1. The standard InChI is InChI=1S/C7H12N2O/c1-6(10-8)7-4-3-5-9(7)2/h3-6H,8H2,1-2H3. The van der Waals surface area contributed by atoms with E-state index in [1.54, 1.807) is 0 Å². The molecule has 0 bridgehead atoms. The number of aromatic nitrogens is 1. The fourth-order valence-corrected chi connectivity index (χ4v) is 0.966. The monoisotopic (exact) mass is 140 g/mol. The third-order valence-corrected chi connectivity index (χ3v) is 1.60. The van der Waals surface area contributed by atoms with Crippen LogP contribution in [-0.2, 0) is 11.9 Å². The minimum atomic E-state index is -0.0278. The van der Waals surface area contributed by atoms with E-state index in [4.69, 9.17) is 5.90 Å². The van der Waals surface area contributed by atoms with Gasteiger partial charge in [0, 0.05) is 18.9 Å². The maximum atomic E-state index is 5.02. The Balaban J connectivity index is 2.82. The van der Waals surface area contributed by atoms with Crippen LogP contribution in [0.25, 0.3) is 0 Å². The fourth-order valence-electron chi connectivity index (χ4n) is 0.966. The highest BCUT2D eigenvalue weighted by atomic mass is 16.6. The molecule has 0 amide bonds. The SMILES string of the molecule is CC(ON)c1cccn1C. The highest BCUT2D eigenvalue weighted by Crippen LogP contribution is 2.13. The first-order valence-electron chi connectivity index (χ1n) is 3.22. The Labute approximate surface area is 60.4 Å². The van der Waals surface area contributed by atoms with E-state index in [2.05, 4.69) is 4.84 Å². The molecule has 0 saturated carbocycles. The van der Waals surface area contributed by atoms with E-state index in [1.807, 2.05) is 36.9 Å². The van der Waals surface area contributed by atoms with Gasteiger partial charge in [0.25, 0.3) is 0 Å². The van der Waals surface area contributed by atoms with Crippen LogP contribution in [0, 0.1) is 0 Å². The summed E-state index contributed by atoms with van der Waals surface area (Å²) in [6, 6.07) is 3.95. The minimum Gasteiger partial charge on any atom is -0.352 e. The maximum Gasteiger partial charge on any atom is 0.116 e. The quantitative estimate of drug-likeness (QED) is 0.622. The van der Waals surface area contributed by atoms with Gasteiger partial charge in [0.2, 0.25) is 0 Å². The second-order valence-corrected chi connectivity index (χ2v) is 2.32. The van der Waals surface area contributed by atoms with Gasteiger partial charge in [-0.3, -0.25) is 4.84 Å². The number of nitrogens with zero attached hydrogens (tertiary/aromatic N) is 1. The zero-order chi connectivity index (χ0) is 7.56. The van der Waals surface area contributed by atoms with Crippen molar-refractivity contribution in [2.75, 3.05) is 0 Å². The Kier molecular flexibility index (Phi) is 2.09. The number of rotatable bonds is 2. The normalized spacial score (nSPS) is 13.5. The first-order chi connectivity index (χ1) is 4.75. The summed E-state index contributed by atoms with van der Waals surface area (Å²) in [6.07, 6.45) is 1.94. The molecule has 0 aliphatic heterocycles. The van der Waals surface area contributed by atoms with Crippen molar-refractivity contribution in [3.8, 4) is 0 Å². The summed E-state index contributed by atoms with van der Waals surface area (Å²) < 4.78 is 1.98. The molecular weight excluding hydrogens is 128 g/mol. The van der Waals surface area contributed by atoms with E-state index in [-0.39, 0.29) is 6.10 Å². The average Bonchev–Trinajstić information content (AvgIpc) is 2.34. The van der Waals surface area contributed by atoms with Crippen molar-refractivity contribution in [3.05, 3.63) is 24.0 Å². The summed E-state index contributed by atoms with van der Waals surface area (Å²) in [7, 11) is 1.96. The van der Waals surface area contributed by atoms with Gasteiger partial charge in [-0.2, -0.15) is 0 Å². The van der Waals surface area contributed by atoms with Crippen molar-refractivity contribution in [1.82, 2.24) is 4.57 Å². The molecule has 1 atom stereocenters. The number of hydrogen-bond acceptors (Lipinski definition) is 2. The molecule has 10 heavy (non-hydrogen) atoms. The molecule has 56 valence electrons. The summed E-state index contributed by atoms with van der Waals surface area (Å²) in [5.74, 6) is 5.02. The van der Waals surface area contributed by atoms with Crippen LogP contribution in [0.4, 0.5) is 0 Å². The van der Waals surface area contributed by atoms with Gasteiger partial charge in [-0.05, 0) is 19.1 Å². The lowest BCUT2D eigenvalue weighted by Crippen LogP contribution is -2.08. The van der Waals surface area contributed by atoms with E-state index < -0.39 is 0 Å². The predicted octanol–water partition coefficient (Wildman–Crippen LogP) is 0.976. The molecule has 2 N–H and O–H groups in total. The van der Waals surface area contributed by atoms with E-state index in [0.29, 0.717) is 0 Å². The zero-order valence-corrected chi connectivity index (χ0v) is 6.24. The maximum absolute atomic E-state index is 5.02. The average molecular weight is 140 g/mol. The molecule has 0 radical (unpaired) electrons. The summed E-state index contributed by atoms with van der Waals surface area (Å²) in [6.45, 7) is 1.91. The van der Waals surface area contributed by atoms with Crippen LogP contribution >= 0.6 is 0 Å². The lowest BCUT2D eigenvalue weighted by atomic mass is 10.3. The highest BCUT2D eigenvalue weighted by Gasteiger charge is 2.05. The Morgan fingerprint density at radius 3 is 2.80 bits per heavy atom. The number of nitrogens with two attached hydrogens (primary N) is 1. The molecule has 3 heteroatoms. The fraction of sp³-hybridized carbons (Fsp3) is 0.429. The second kappa shape index (κ2) is 2.86. The molecule has 1 rings (SSSR count). The molecule has 3 nitrogen and oxygen atoms in total. The van der Waals surface area contributed by atoms with Gasteiger partial charge in [0.1, 0.15) is 6.10 Å².